The summed E-state index contributed by atoms with van der Waals surface area (Å²) in [6.07, 6.45) is 1.69. The highest BCUT2D eigenvalue weighted by Gasteiger charge is 2.79. The standard InChI is InChI=1S/C10H14O5/c1-9(2)7(6-11)10(9,8(12)13)15-5-4-14-3/h7H,4-5H2,1-3H3. The van der Waals surface area contributed by atoms with Crippen molar-refractivity contribution >= 4 is 12.3 Å². The van der Waals surface area contributed by atoms with Crippen LogP contribution in [-0.4, -0.2) is 38.2 Å². The van der Waals surface area contributed by atoms with Crippen molar-refractivity contribution in [3.05, 3.63) is 0 Å². The Bertz CT molecular complexity index is 273. The Kier molecular flexibility index (Phi) is 3.16. The van der Waals surface area contributed by atoms with Crippen LogP contribution in [0.3, 0.4) is 0 Å². The summed E-state index contributed by atoms with van der Waals surface area (Å²) in [4.78, 5) is 21.6. The van der Waals surface area contributed by atoms with Crippen molar-refractivity contribution in [3.63, 3.8) is 0 Å². The van der Waals surface area contributed by atoms with Gasteiger partial charge in [0, 0.05) is 12.5 Å². The molecule has 0 aromatic rings. The van der Waals surface area contributed by atoms with Crippen molar-refractivity contribution in [1.29, 1.82) is 0 Å². The Morgan fingerprint density at radius 2 is 2.00 bits per heavy atom. The number of hydrogen-bond donors (Lipinski definition) is 0. The van der Waals surface area contributed by atoms with E-state index in [9.17, 15) is 14.7 Å². The highest BCUT2D eigenvalue weighted by atomic mass is 16.6. The largest absolute Gasteiger partial charge is 0.388 e. The molecule has 1 aliphatic rings. The minimum atomic E-state index is -1.53. The number of rotatable bonds is 6. The van der Waals surface area contributed by atoms with Crippen molar-refractivity contribution in [2.75, 3.05) is 20.3 Å². The lowest BCUT2D eigenvalue weighted by Crippen LogP contribution is -2.33. The summed E-state index contributed by atoms with van der Waals surface area (Å²) >= 11 is 0. The second kappa shape index (κ2) is 3.90. The van der Waals surface area contributed by atoms with E-state index in [0.717, 1.165) is 0 Å². The third-order valence-electron chi connectivity index (χ3n) is 3.04. The second-order valence-electron chi connectivity index (χ2n) is 4.14. The zero-order valence-corrected chi connectivity index (χ0v) is 9.03. The number of carbonyl (C=O) groups is 1. The molecule has 2 atom stereocenters. The maximum Gasteiger partial charge on any atom is 0.388 e. The number of carbonyl (C=O) groups excluding carboxylic acids is 2. The lowest BCUT2D eigenvalue weighted by atomic mass is 10.1. The van der Waals surface area contributed by atoms with Crippen molar-refractivity contribution in [2.24, 2.45) is 11.3 Å². The van der Waals surface area contributed by atoms with Gasteiger partial charge in [-0.15, -0.1) is 0 Å². The van der Waals surface area contributed by atoms with Crippen LogP contribution in [0.15, 0.2) is 0 Å². The average Bonchev–Trinajstić information content (AvgIpc) is 2.64. The van der Waals surface area contributed by atoms with E-state index in [0.29, 0.717) is 0 Å². The monoisotopic (exact) mass is 214 g/mol. The topological polar surface area (TPSA) is 72.5 Å². The fourth-order valence-corrected chi connectivity index (χ4v) is 1.95. The summed E-state index contributed by atoms with van der Waals surface area (Å²) in [5.41, 5.74) is -2.30. The summed E-state index contributed by atoms with van der Waals surface area (Å²) in [7, 11) is 1.48. The van der Waals surface area contributed by atoms with Gasteiger partial charge in [0.05, 0.1) is 19.1 Å². The lowest BCUT2D eigenvalue weighted by Gasteiger charge is -2.14. The van der Waals surface area contributed by atoms with Crippen LogP contribution < -0.4 is 0 Å². The van der Waals surface area contributed by atoms with Crippen LogP contribution in [0.4, 0.5) is 0 Å². The van der Waals surface area contributed by atoms with Gasteiger partial charge in [-0.3, -0.25) is 4.79 Å². The van der Waals surface area contributed by atoms with Gasteiger partial charge in [0.2, 0.25) is 6.29 Å². The summed E-state index contributed by atoms with van der Waals surface area (Å²) in [5, 5.41) is 11.0. The highest BCUT2D eigenvalue weighted by molar-refractivity contribution is 5.90. The highest BCUT2D eigenvalue weighted by Crippen LogP contribution is 2.63. The van der Waals surface area contributed by atoms with E-state index in [1.165, 1.54) is 7.11 Å². The fourth-order valence-electron chi connectivity index (χ4n) is 1.95. The number of methoxy groups -OCH3 is 1. The van der Waals surface area contributed by atoms with Crippen LogP contribution in [0.25, 0.3) is 0 Å². The van der Waals surface area contributed by atoms with E-state index in [4.69, 9.17) is 9.47 Å². The third-order valence-corrected chi connectivity index (χ3v) is 3.04. The van der Waals surface area contributed by atoms with Crippen LogP contribution in [0.2, 0.25) is 0 Å². The van der Waals surface area contributed by atoms with Gasteiger partial charge in [-0.25, -0.2) is 9.90 Å². The van der Waals surface area contributed by atoms with Crippen LogP contribution in [0, 0.1) is 11.3 Å². The minimum absolute atomic E-state index is 0.117. The summed E-state index contributed by atoms with van der Waals surface area (Å²) < 4.78 is 9.96. The molecule has 1 fully saturated rings. The fraction of sp³-hybridized carbons (Fsp3) is 0.800. The van der Waals surface area contributed by atoms with Gasteiger partial charge in [0.25, 0.3) is 0 Å². The zero-order chi connectivity index (χ0) is 11.7. The van der Waals surface area contributed by atoms with E-state index in [1.807, 2.05) is 0 Å². The van der Waals surface area contributed by atoms with Crippen LogP contribution in [0.5, 0.6) is 0 Å². The first kappa shape index (κ1) is 12.1. The van der Waals surface area contributed by atoms with Crippen molar-refractivity contribution in [1.82, 2.24) is 0 Å². The molecule has 0 heterocycles. The van der Waals surface area contributed by atoms with Crippen molar-refractivity contribution in [3.8, 4) is 0 Å². The molecule has 0 aromatic carbocycles. The normalized spacial score (nSPS) is 32.3. The summed E-state index contributed by atoms with van der Waals surface area (Å²) in [6.45, 7) is 3.68. The molecule has 5 nitrogen and oxygen atoms in total. The summed E-state index contributed by atoms with van der Waals surface area (Å²) in [5.74, 6) is -2.14. The molecule has 2 radical (unpaired) electrons. The molecular formula is C10H14O5. The maximum absolute atomic E-state index is 11.0. The van der Waals surface area contributed by atoms with Crippen LogP contribution >= 0.6 is 0 Å². The second-order valence-corrected chi connectivity index (χ2v) is 4.14. The Morgan fingerprint density at radius 1 is 1.40 bits per heavy atom. The van der Waals surface area contributed by atoms with Gasteiger partial charge in [-0.05, 0) is 0 Å². The van der Waals surface area contributed by atoms with Crippen LogP contribution in [-0.2, 0) is 24.2 Å². The number of hydrogen-bond acceptors (Lipinski definition) is 4. The molecule has 5 heteroatoms. The van der Waals surface area contributed by atoms with E-state index >= 15 is 0 Å². The molecule has 0 aromatic heterocycles. The Balaban J connectivity index is 2.75. The Morgan fingerprint density at radius 3 is 2.33 bits per heavy atom. The summed E-state index contributed by atoms with van der Waals surface area (Å²) in [6, 6.07) is 0. The molecule has 0 spiro atoms. The first-order chi connectivity index (χ1) is 6.95. The van der Waals surface area contributed by atoms with Crippen molar-refractivity contribution in [2.45, 2.75) is 19.4 Å². The molecule has 1 aliphatic carbocycles. The smallest absolute Gasteiger partial charge is 0.382 e. The molecule has 0 amide bonds. The first-order valence-electron chi connectivity index (χ1n) is 4.67. The third kappa shape index (κ3) is 1.55. The SMILES string of the molecule is COCCOC1(C([O])=O)C([C]=O)C1(C)C. The van der Waals surface area contributed by atoms with Crippen molar-refractivity contribution < 1.29 is 24.2 Å². The quantitative estimate of drug-likeness (QED) is 0.588. The van der Waals surface area contributed by atoms with E-state index in [1.54, 1.807) is 20.1 Å². The Hall–Kier alpha value is -0.940. The predicted octanol–water partition coefficient (Wildman–Crippen LogP) is 0.111. The molecule has 2 unspecified atom stereocenters. The molecule has 1 rings (SSSR count). The maximum atomic E-state index is 11.0. The van der Waals surface area contributed by atoms with Gasteiger partial charge < -0.3 is 9.47 Å². The molecule has 1 saturated carbocycles. The van der Waals surface area contributed by atoms with Gasteiger partial charge in [-0.2, -0.15) is 0 Å². The predicted molar refractivity (Wildman–Crippen MR) is 49.2 cm³/mol. The van der Waals surface area contributed by atoms with Gasteiger partial charge >= 0.3 is 5.97 Å². The Labute approximate surface area is 88.4 Å². The number of ether oxygens (including phenoxy) is 2. The zero-order valence-electron chi connectivity index (χ0n) is 9.03. The molecule has 84 valence electrons. The van der Waals surface area contributed by atoms with Crippen LogP contribution in [0.1, 0.15) is 13.8 Å². The molecule has 0 N–H and O–H groups in total. The van der Waals surface area contributed by atoms with Gasteiger partial charge in [-0.1, -0.05) is 13.8 Å². The average molecular weight is 214 g/mol. The van der Waals surface area contributed by atoms with Gasteiger partial charge in [0.1, 0.15) is 0 Å². The lowest BCUT2D eigenvalue weighted by molar-refractivity contribution is -0.165. The first-order valence-corrected chi connectivity index (χ1v) is 4.67. The molecular weight excluding hydrogens is 200 g/mol. The van der Waals surface area contributed by atoms with E-state index < -0.39 is 22.9 Å². The molecule has 15 heavy (non-hydrogen) atoms. The van der Waals surface area contributed by atoms with Gasteiger partial charge in [0.15, 0.2) is 5.60 Å². The molecule has 0 bridgehead atoms. The molecule has 0 aliphatic heterocycles. The minimum Gasteiger partial charge on any atom is -0.382 e. The molecule has 0 saturated heterocycles. The van der Waals surface area contributed by atoms with E-state index in [2.05, 4.69) is 0 Å². The van der Waals surface area contributed by atoms with E-state index in [-0.39, 0.29) is 13.2 Å².